The molecule has 1 aromatic carbocycles. The molecular formula is C16H25N3O2. The van der Waals surface area contributed by atoms with Gasteiger partial charge in [-0.15, -0.1) is 0 Å². The van der Waals surface area contributed by atoms with E-state index in [9.17, 15) is 9.59 Å². The van der Waals surface area contributed by atoms with Gasteiger partial charge in [0.05, 0.1) is 0 Å². The molecule has 0 spiro atoms. The molecule has 0 aliphatic heterocycles. The number of rotatable bonds is 7. The Morgan fingerprint density at radius 2 is 1.81 bits per heavy atom. The molecule has 5 nitrogen and oxygen atoms in total. The number of carbonyl (C=O) groups excluding carboxylic acids is 2. The van der Waals surface area contributed by atoms with Crippen molar-refractivity contribution in [2.24, 2.45) is 11.7 Å². The molecule has 21 heavy (non-hydrogen) atoms. The van der Waals surface area contributed by atoms with Gasteiger partial charge in [0.2, 0.25) is 5.91 Å². The van der Waals surface area contributed by atoms with E-state index in [0.717, 1.165) is 24.9 Å². The van der Waals surface area contributed by atoms with Crippen molar-refractivity contribution in [3.63, 3.8) is 0 Å². The maximum Gasteiger partial charge on any atom is 0.312 e. The minimum Gasteiger partial charge on any atom is -0.352 e. The van der Waals surface area contributed by atoms with Crippen molar-refractivity contribution in [3.8, 4) is 0 Å². The van der Waals surface area contributed by atoms with Crippen molar-refractivity contribution in [3.05, 3.63) is 29.8 Å². The van der Waals surface area contributed by atoms with Crippen LogP contribution in [0, 0.1) is 5.92 Å². The Hall–Kier alpha value is -2.04. The lowest BCUT2D eigenvalue weighted by molar-refractivity contribution is -0.119. The number of carbonyl (C=O) groups is 2. The maximum atomic E-state index is 12.3. The van der Waals surface area contributed by atoms with Gasteiger partial charge in [0.25, 0.3) is 0 Å². The third-order valence-corrected chi connectivity index (χ3v) is 3.55. The van der Waals surface area contributed by atoms with E-state index in [1.165, 1.54) is 5.56 Å². The Morgan fingerprint density at radius 1 is 1.19 bits per heavy atom. The molecule has 0 saturated heterocycles. The van der Waals surface area contributed by atoms with E-state index in [1.54, 1.807) is 0 Å². The molecule has 0 heterocycles. The number of primary amides is 1. The van der Waals surface area contributed by atoms with Crippen molar-refractivity contribution in [2.75, 3.05) is 5.32 Å². The number of anilines is 1. The van der Waals surface area contributed by atoms with Gasteiger partial charge in [-0.25, -0.2) is 4.79 Å². The van der Waals surface area contributed by atoms with Crippen LogP contribution < -0.4 is 16.4 Å². The van der Waals surface area contributed by atoms with Gasteiger partial charge in [-0.3, -0.25) is 4.79 Å². The molecule has 116 valence electrons. The normalized spacial score (nSPS) is 13.3. The quantitative estimate of drug-likeness (QED) is 0.721. The number of aryl methyl sites for hydroxylation is 1. The van der Waals surface area contributed by atoms with Crippen LogP contribution in [0.1, 0.15) is 39.2 Å². The van der Waals surface area contributed by atoms with Crippen LogP contribution in [-0.2, 0) is 11.2 Å². The van der Waals surface area contributed by atoms with E-state index in [4.69, 9.17) is 5.73 Å². The number of urea groups is 1. The standard InChI is InChI=1S/C16H25N3O2/c1-4-6-12-7-9-13(10-8-12)18-15(20)14(11(3)5-2)19-16(17)21/h7-11,14H,4-6H2,1-3H3,(H,18,20)(H3,17,19,21)/t11-,14+/m1/s1. The highest BCUT2D eigenvalue weighted by atomic mass is 16.2. The lowest BCUT2D eigenvalue weighted by Gasteiger charge is -2.22. The SMILES string of the molecule is CCCc1ccc(NC(=O)[C@@H](NC(N)=O)[C@H](C)CC)cc1. The summed E-state index contributed by atoms with van der Waals surface area (Å²) in [5.41, 5.74) is 7.10. The minimum atomic E-state index is -0.686. The number of benzene rings is 1. The summed E-state index contributed by atoms with van der Waals surface area (Å²) >= 11 is 0. The summed E-state index contributed by atoms with van der Waals surface area (Å²) in [6.07, 6.45) is 2.88. The second-order valence-electron chi connectivity index (χ2n) is 5.31. The maximum absolute atomic E-state index is 12.3. The number of nitrogens with one attached hydrogen (secondary N) is 2. The Labute approximate surface area is 126 Å². The lowest BCUT2D eigenvalue weighted by atomic mass is 9.98. The Morgan fingerprint density at radius 3 is 2.29 bits per heavy atom. The predicted octanol–water partition coefficient (Wildman–Crippen LogP) is 2.66. The van der Waals surface area contributed by atoms with Gasteiger partial charge in [0.15, 0.2) is 0 Å². The zero-order chi connectivity index (χ0) is 15.8. The molecule has 5 heteroatoms. The Balaban J connectivity index is 2.73. The Kier molecular flexibility index (Phi) is 6.72. The number of hydrogen-bond donors (Lipinski definition) is 3. The Bertz CT molecular complexity index is 471. The van der Waals surface area contributed by atoms with Crippen LogP contribution in [-0.4, -0.2) is 18.0 Å². The highest BCUT2D eigenvalue weighted by Gasteiger charge is 2.25. The van der Waals surface area contributed by atoms with Crippen molar-refractivity contribution in [2.45, 2.75) is 46.1 Å². The van der Waals surface area contributed by atoms with Crippen LogP contribution in [0.25, 0.3) is 0 Å². The van der Waals surface area contributed by atoms with Gasteiger partial charge in [0.1, 0.15) is 6.04 Å². The molecule has 1 aromatic rings. The van der Waals surface area contributed by atoms with Gasteiger partial charge in [-0.05, 0) is 30.0 Å². The van der Waals surface area contributed by atoms with Crippen molar-refractivity contribution < 1.29 is 9.59 Å². The van der Waals surface area contributed by atoms with Crippen LogP contribution >= 0.6 is 0 Å². The molecule has 0 aliphatic carbocycles. The third kappa shape index (κ3) is 5.45. The van der Waals surface area contributed by atoms with Crippen LogP contribution in [0.2, 0.25) is 0 Å². The van der Waals surface area contributed by atoms with Gasteiger partial charge in [-0.1, -0.05) is 45.7 Å². The van der Waals surface area contributed by atoms with E-state index in [1.807, 2.05) is 38.1 Å². The fourth-order valence-electron chi connectivity index (χ4n) is 2.12. The summed E-state index contributed by atoms with van der Waals surface area (Å²) in [5, 5.41) is 5.33. The average molecular weight is 291 g/mol. The molecule has 2 atom stereocenters. The summed E-state index contributed by atoms with van der Waals surface area (Å²) in [5.74, 6) is -0.233. The monoisotopic (exact) mass is 291 g/mol. The summed E-state index contributed by atoms with van der Waals surface area (Å²) in [4.78, 5) is 23.3. The van der Waals surface area contributed by atoms with E-state index < -0.39 is 12.1 Å². The molecular weight excluding hydrogens is 266 g/mol. The minimum absolute atomic E-state index is 0.0110. The molecule has 0 fully saturated rings. The molecule has 0 aromatic heterocycles. The third-order valence-electron chi connectivity index (χ3n) is 3.55. The fourth-order valence-corrected chi connectivity index (χ4v) is 2.12. The number of hydrogen-bond acceptors (Lipinski definition) is 2. The molecule has 0 radical (unpaired) electrons. The van der Waals surface area contributed by atoms with Gasteiger partial charge < -0.3 is 16.4 Å². The molecule has 1 rings (SSSR count). The topological polar surface area (TPSA) is 84.2 Å². The first-order valence-electron chi connectivity index (χ1n) is 7.43. The second-order valence-corrected chi connectivity index (χ2v) is 5.31. The molecule has 0 saturated carbocycles. The molecule has 4 N–H and O–H groups in total. The largest absolute Gasteiger partial charge is 0.352 e. The van der Waals surface area contributed by atoms with Crippen LogP contribution in [0.15, 0.2) is 24.3 Å². The van der Waals surface area contributed by atoms with Crippen LogP contribution in [0.5, 0.6) is 0 Å². The summed E-state index contributed by atoms with van der Waals surface area (Å²) in [6, 6.07) is 6.44. The van der Waals surface area contributed by atoms with Gasteiger partial charge in [-0.2, -0.15) is 0 Å². The van der Waals surface area contributed by atoms with Crippen molar-refractivity contribution in [1.29, 1.82) is 0 Å². The van der Waals surface area contributed by atoms with Gasteiger partial charge >= 0.3 is 6.03 Å². The van der Waals surface area contributed by atoms with E-state index in [0.29, 0.717) is 0 Å². The zero-order valence-corrected chi connectivity index (χ0v) is 13.0. The first-order valence-corrected chi connectivity index (χ1v) is 7.43. The molecule has 0 unspecified atom stereocenters. The average Bonchev–Trinajstić information content (AvgIpc) is 2.46. The predicted molar refractivity (Wildman–Crippen MR) is 85.0 cm³/mol. The molecule has 0 aliphatic rings. The zero-order valence-electron chi connectivity index (χ0n) is 13.0. The van der Waals surface area contributed by atoms with Crippen molar-refractivity contribution in [1.82, 2.24) is 5.32 Å². The molecule has 0 bridgehead atoms. The first kappa shape index (κ1) is 17.0. The van der Waals surface area contributed by atoms with E-state index in [2.05, 4.69) is 17.6 Å². The second kappa shape index (κ2) is 8.29. The van der Waals surface area contributed by atoms with Gasteiger partial charge in [0, 0.05) is 5.69 Å². The fraction of sp³-hybridized carbons (Fsp3) is 0.500. The first-order chi connectivity index (χ1) is 9.97. The summed E-state index contributed by atoms with van der Waals surface area (Å²) in [7, 11) is 0. The highest BCUT2D eigenvalue weighted by Crippen LogP contribution is 2.14. The molecule has 3 amide bonds. The summed E-state index contributed by atoms with van der Waals surface area (Å²) in [6.45, 7) is 6.00. The highest BCUT2D eigenvalue weighted by molar-refractivity contribution is 5.97. The number of amides is 3. The van der Waals surface area contributed by atoms with E-state index >= 15 is 0 Å². The van der Waals surface area contributed by atoms with Crippen LogP contribution in [0.4, 0.5) is 10.5 Å². The van der Waals surface area contributed by atoms with Crippen molar-refractivity contribution >= 4 is 17.6 Å². The number of nitrogens with two attached hydrogens (primary N) is 1. The smallest absolute Gasteiger partial charge is 0.312 e. The lowest BCUT2D eigenvalue weighted by Crippen LogP contribution is -2.49. The van der Waals surface area contributed by atoms with Crippen LogP contribution in [0.3, 0.4) is 0 Å². The summed E-state index contributed by atoms with van der Waals surface area (Å²) < 4.78 is 0. The van der Waals surface area contributed by atoms with E-state index in [-0.39, 0.29) is 11.8 Å².